The highest BCUT2D eigenvalue weighted by Gasteiger charge is 2.56. The molecular weight excluding hydrogens is 512 g/mol. The van der Waals surface area contributed by atoms with Crippen LogP contribution < -0.4 is 4.90 Å². The van der Waals surface area contributed by atoms with Crippen molar-refractivity contribution in [1.29, 1.82) is 0 Å². The zero-order chi connectivity index (χ0) is 27.3. The van der Waals surface area contributed by atoms with E-state index in [1.54, 1.807) is 12.1 Å². The first-order chi connectivity index (χ1) is 17.5. The van der Waals surface area contributed by atoms with Gasteiger partial charge in [-0.2, -0.15) is 0 Å². The molecular formula is C24H29ClN2O10. The first-order valence-electron chi connectivity index (χ1n) is 11.6. The molecule has 0 bridgehead atoms. The molecule has 202 valence electrons. The smallest absolute Gasteiger partial charge is 0.305 e. The third kappa shape index (κ3) is 7.32. The summed E-state index contributed by atoms with van der Waals surface area (Å²) < 4.78 is 26.8. The van der Waals surface area contributed by atoms with Crippen LogP contribution in [0.15, 0.2) is 24.3 Å². The number of anilines is 1. The van der Waals surface area contributed by atoms with E-state index < -0.39 is 60.5 Å². The summed E-state index contributed by atoms with van der Waals surface area (Å²) in [5.74, 6) is -3.75. The molecule has 2 saturated heterocycles. The maximum absolute atomic E-state index is 13.6. The summed E-state index contributed by atoms with van der Waals surface area (Å²) in [6, 6.07) is 7.31. The maximum Gasteiger partial charge on any atom is 0.305 e. The summed E-state index contributed by atoms with van der Waals surface area (Å²) in [5, 5.41) is 0.611. The van der Waals surface area contributed by atoms with Gasteiger partial charge in [0.2, 0.25) is 12.4 Å². The summed E-state index contributed by atoms with van der Waals surface area (Å²) in [7, 11) is 0. The Kier molecular flexibility index (Phi) is 9.33. The number of halogens is 1. The van der Waals surface area contributed by atoms with Gasteiger partial charge >= 0.3 is 23.9 Å². The number of piperazine rings is 1. The molecule has 1 amide bonds. The number of nitrogens with zero attached hydrogens (tertiary/aromatic N) is 2. The van der Waals surface area contributed by atoms with Gasteiger partial charge in [-0.3, -0.25) is 24.0 Å². The Bertz CT molecular complexity index is 1020. The van der Waals surface area contributed by atoms with Gasteiger partial charge in [0.05, 0.1) is 0 Å². The molecule has 1 unspecified atom stereocenters. The second-order valence-electron chi connectivity index (χ2n) is 8.55. The Morgan fingerprint density at radius 3 is 1.73 bits per heavy atom. The molecule has 2 aliphatic rings. The first-order valence-corrected chi connectivity index (χ1v) is 12.0. The van der Waals surface area contributed by atoms with E-state index in [1.165, 1.54) is 4.90 Å². The Morgan fingerprint density at radius 1 is 0.730 bits per heavy atom. The molecule has 2 aliphatic heterocycles. The molecule has 0 aliphatic carbocycles. The average Bonchev–Trinajstić information content (AvgIpc) is 2.81. The van der Waals surface area contributed by atoms with Crippen molar-refractivity contribution in [2.24, 2.45) is 0 Å². The molecule has 12 nitrogen and oxygen atoms in total. The van der Waals surface area contributed by atoms with Crippen molar-refractivity contribution in [3.63, 3.8) is 0 Å². The lowest BCUT2D eigenvalue weighted by molar-refractivity contribution is -0.292. The van der Waals surface area contributed by atoms with Gasteiger partial charge in [0.15, 0.2) is 18.3 Å². The fraction of sp³-hybridized carbons (Fsp3) is 0.542. The highest BCUT2D eigenvalue weighted by Crippen LogP contribution is 2.31. The second kappa shape index (κ2) is 12.2. The van der Waals surface area contributed by atoms with Crippen LogP contribution in [0.3, 0.4) is 0 Å². The summed E-state index contributed by atoms with van der Waals surface area (Å²) in [4.78, 5) is 64.6. The molecule has 0 spiro atoms. The van der Waals surface area contributed by atoms with Crippen LogP contribution in [-0.4, -0.2) is 91.6 Å². The average molecular weight is 541 g/mol. The third-order valence-electron chi connectivity index (χ3n) is 5.71. The van der Waals surface area contributed by atoms with Crippen LogP contribution in [0.25, 0.3) is 0 Å². The lowest BCUT2D eigenvalue weighted by Gasteiger charge is -2.45. The monoisotopic (exact) mass is 540 g/mol. The van der Waals surface area contributed by atoms with Gasteiger partial charge in [0.1, 0.15) is 0 Å². The Morgan fingerprint density at radius 2 is 1.22 bits per heavy atom. The van der Waals surface area contributed by atoms with Crippen LogP contribution in [0.2, 0.25) is 5.02 Å². The highest BCUT2D eigenvalue weighted by molar-refractivity contribution is 6.30. The lowest BCUT2D eigenvalue weighted by Crippen LogP contribution is -2.66. The predicted molar refractivity (Wildman–Crippen MR) is 127 cm³/mol. The summed E-state index contributed by atoms with van der Waals surface area (Å²) in [6.45, 7) is 5.99. The van der Waals surface area contributed by atoms with Crippen LogP contribution in [0.4, 0.5) is 5.69 Å². The summed E-state index contributed by atoms with van der Waals surface area (Å²) in [6.07, 6.45) is -7.54. The van der Waals surface area contributed by atoms with E-state index >= 15 is 0 Å². The standard InChI is InChI=1S/C24H29ClN2O10/c1-13(28)33-19-20(34-14(2)29)22(35-15(3)30)24(36-16(4)31)37-21(19)23(32)27-11-9-26(10-12-27)18-7-5-17(25)6-8-18/h5-8,19-22,24H,9-12H2,1-4H3/t19-,20-,21?,22+,24+/m0/s1. The van der Waals surface area contributed by atoms with Gasteiger partial charge in [-0.25, -0.2) is 0 Å². The number of benzene rings is 1. The van der Waals surface area contributed by atoms with Gasteiger partial charge in [-0.1, -0.05) is 11.6 Å². The number of esters is 4. The zero-order valence-corrected chi connectivity index (χ0v) is 21.6. The van der Waals surface area contributed by atoms with Gasteiger partial charge in [-0.05, 0) is 24.3 Å². The number of hydrogen-bond donors (Lipinski definition) is 0. The topological polar surface area (TPSA) is 138 Å². The molecule has 1 aromatic carbocycles. The minimum absolute atomic E-state index is 0.304. The largest absolute Gasteiger partial charge is 0.455 e. The van der Waals surface area contributed by atoms with Crippen molar-refractivity contribution in [3.8, 4) is 0 Å². The van der Waals surface area contributed by atoms with Crippen LogP contribution in [0.5, 0.6) is 0 Å². The number of ether oxygens (including phenoxy) is 5. The molecule has 3 rings (SSSR count). The van der Waals surface area contributed by atoms with Crippen molar-refractivity contribution >= 4 is 47.1 Å². The minimum Gasteiger partial charge on any atom is -0.455 e. The Labute approximate surface area is 218 Å². The van der Waals surface area contributed by atoms with Crippen LogP contribution in [0, 0.1) is 0 Å². The van der Waals surface area contributed by atoms with Crippen molar-refractivity contribution in [2.75, 3.05) is 31.1 Å². The minimum atomic E-state index is -1.60. The van der Waals surface area contributed by atoms with E-state index in [2.05, 4.69) is 4.90 Å². The number of rotatable bonds is 6. The normalized spacial score (nSPS) is 25.6. The fourth-order valence-electron chi connectivity index (χ4n) is 4.25. The van der Waals surface area contributed by atoms with E-state index in [0.717, 1.165) is 33.4 Å². The van der Waals surface area contributed by atoms with Gasteiger partial charge in [0, 0.05) is 64.6 Å². The van der Waals surface area contributed by atoms with Crippen molar-refractivity contribution in [2.45, 2.75) is 58.4 Å². The van der Waals surface area contributed by atoms with Gasteiger partial charge in [0.25, 0.3) is 5.91 Å². The van der Waals surface area contributed by atoms with E-state index in [9.17, 15) is 24.0 Å². The Balaban J connectivity index is 1.86. The SMILES string of the molecule is CC(=O)O[C@@H]1OC(C(=O)N2CCN(c3ccc(Cl)cc3)CC2)[C@@H](OC(C)=O)[C@H](OC(C)=O)[C@H]1OC(C)=O. The molecule has 2 fully saturated rings. The summed E-state index contributed by atoms with van der Waals surface area (Å²) in [5.41, 5.74) is 0.942. The van der Waals surface area contributed by atoms with E-state index in [4.69, 9.17) is 35.3 Å². The molecule has 2 heterocycles. The van der Waals surface area contributed by atoms with Crippen LogP contribution in [-0.2, 0) is 47.7 Å². The molecule has 13 heteroatoms. The molecule has 0 aromatic heterocycles. The molecule has 0 saturated carbocycles. The highest BCUT2D eigenvalue weighted by atomic mass is 35.5. The lowest BCUT2D eigenvalue weighted by atomic mass is 9.96. The van der Waals surface area contributed by atoms with E-state index in [0.29, 0.717) is 31.2 Å². The fourth-order valence-corrected chi connectivity index (χ4v) is 4.37. The number of carbonyl (C=O) groups is 5. The summed E-state index contributed by atoms with van der Waals surface area (Å²) >= 11 is 5.96. The molecule has 5 atom stereocenters. The maximum atomic E-state index is 13.6. The zero-order valence-electron chi connectivity index (χ0n) is 20.9. The second-order valence-corrected chi connectivity index (χ2v) is 8.98. The molecule has 0 N–H and O–H groups in total. The number of carbonyl (C=O) groups excluding carboxylic acids is 5. The predicted octanol–water partition coefficient (Wildman–Crippen LogP) is 1.07. The number of hydrogen-bond acceptors (Lipinski definition) is 11. The van der Waals surface area contributed by atoms with Crippen molar-refractivity contribution in [1.82, 2.24) is 4.90 Å². The quantitative estimate of drug-likeness (QED) is 0.378. The van der Waals surface area contributed by atoms with Crippen molar-refractivity contribution in [3.05, 3.63) is 29.3 Å². The van der Waals surface area contributed by atoms with E-state index in [1.807, 2.05) is 12.1 Å². The Hall–Kier alpha value is -3.38. The van der Waals surface area contributed by atoms with Crippen molar-refractivity contribution < 1.29 is 47.7 Å². The molecule has 37 heavy (non-hydrogen) atoms. The first kappa shape index (κ1) is 28.2. The van der Waals surface area contributed by atoms with Crippen LogP contribution in [0.1, 0.15) is 27.7 Å². The van der Waals surface area contributed by atoms with Gasteiger partial charge in [-0.15, -0.1) is 0 Å². The van der Waals surface area contributed by atoms with E-state index in [-0.39, 0.29) is 0 Å². The molecule has 1 aromatic rings. The third-order valence-corrected chi connectivity index (χ3v) is 5.96. The number of amides is 1. The van der Waals surface area contributed by atoms with Crippen LogP contribution >= 0.6 is 11.6 Å². The molecule has 0 radical (unpaired) electrons. The van der Waals surface area contributed by atoms with Gasteiger partial charge < -0.3 is 33.5 Å².